The summed E-state index contributed by atoms with van der Waals surface area (Å²) in [6.45, 7) is 4.47. The van der Waals surface area contributed by atoms with Crippen LogP contribution < -0.4 is 15.4 Å². The van der Waals surface area contributed by atoms with E-state index in [1.165, 1.54) is 34.9 Å². The van der Waals surface area contributed by atoms with Crippen LogP contribution in [0.3, 0.4) is 0 Å². The summed E-state index contributed by atoms with van der Waals surface area (Å²) < 4.78 is 8.76. The van der Waals surface area contributed by atoms with Crippen LogP contribution in [0.1, 0.15) is 20.3 Å². The molecule has 13 heteroatoms. The van der Waals surface area contributed by atoms with Crippen molar-refractivity contribution in [1.29, 1.82) is 0 Å². The molecule has 0 fully saturated rings. The van der Waals surface area contributed by atoms with Crippen LogP contribution in [0.25, 0.3) is 15.9 Å². The summed E-state index contributed by atoms with van der Waals surface area (Å²) in [5, 5.41) is 18.1. The van der Waals surface area contributed by atoms with Crippen molar-refractivity contribution < 1.29 is 14.3 Å². The predicted molar refractivity (Wildman–Crippen MR) is 164 cm³/mol. The first-order valence-electron chi connectivity index (χ1n) is 12.9. The summed E-state index contributed by atoms with van der Waals surface area (Å²) in [5.41, 5.74) is 3.03. The number of carbonyl (C=O) groups excluding carboxylic acids is 2. The van der Waals surface area contributed by atoms with Gasteiger partial charge in [-0.15, -0.1) is 16.4 Å². The van der Waals surface area contributed by atoms with Gasteiger partial charge < -0.3 is 15.4 Å². The fourth-order valence-corrected chi connectivity index (χ4v) is 6.64. The number of anilines is 2. The van der Waals surface area contributed by atoms with Crippen molar-refractivity contribution in [2.75, 3.05) is 23.0 Å². The Bertz CT molecular complexity index is 1620. The SMILES string of the molecule is CCOc1ccc(NC(=O)CSc2nc3ccc(NC(=O)[C@@H](CC)Sc4nnnn4-c4ccccc4)cc3s2)cc1. The van der Waals surface area contributed by atoms with Crippen molar-refractivity contribution in [3.63, 3.8) is 0 Å². The van der Waals surface area contributed by atoms with Crippen LogP contribution in [0, 0.1) is 0 Å². The van der Waals surface area contributed by atoms with Crippen molar-refractivity contribution in [3.8, 4) is 11.4 Å². The zero-order valence-corrected chi connectivity index (χ0v) is 24.8. The van der Waals surface area contributed by atoms with E-state index in [1.54, 1.807) is 4.68 Å². The number of tetrazole rings is 1. The third kappa shape index (κ3) is 7.43. The van der Waals surface area contributed by atoms with E-state index in [9.17, 15) is 9.59 Å². The molecule has 0 unspecified atom stereocenters. The number of nitrogens with one attached hydrogen (secondary N) is 2. The highest BCUT2D eigenvalue weighted by Crippen LogP contribution is 2.32. The summed E-state index contributed by atoms with van der Waals surface area (Å²) in [5.74, 6) is 0.741. The lowest BCUT2D eigenvalue weighted by molar-refractivity contribution is -0.116. The molecule has 0 aliphatic carbocycles. The van der Waals surface area contributed by atoms with Gasteiger partial charge in [0.05, 0.1) is 33.5 Å². The minimum absolute atomic E-state index is 0.118. The molecule has 0 aliphatic rings. The molecular formula is C28H27N7O3S3. The van der Waals surface area contributed by atoms with Crippen molar-refractivity contribution in [1.82, 2.24) is 25.2 Å². The van der Waals surface area contributed by atoms with Gasteiger partial charge in [-0.25, -0.2) is 4.98 Å². The largest absolute Gasteiger partial charge is 0.494 e. The van der Waals surface area contributed by atoms with Gasteiger partial charge in [-0.2, -0.15) is 4.68 Å². The molecule has 3 aromatic carbocycles. The molecule has 10 nitrogen and oxygen atoms in total. The van der Waals surface area contributed by atoms with Gasteiger partial charge in [-0.05, 0) is 78.4 Å². The fraction of sp³-hybridized carbons (Fsp3) is 0.214. The normalized spacial score (nSPS) is 11.8. The number of hydrogen-bond acceptors (Lipinski definition) is 10. The molecule has 2 heterocycles. The fourth-order valence-electron chi connectivity index (χ4n) is 3.82. The van der Waals surface area contributed by atoms with E-state index < -0.39 is 0 Å². The number of aromatic nitrogens is 5. The van der Waals surface area contributed by atoms with Crippen molar-refractivity contribution in [2.24, 2.45) is 0 Å². The number of carbonyl (C=O) groups is 2. The Morgan fingerprint density at radius 2 is 1.78 bits per heavy atom. The van der Waals surface area contributed by atoms with E-state index in [1.807, 2.05) is 86.6 Å². The Hall–Kier alpha value is -3.94. The second kappa shape index (κ2) is 13.6. The first kappa shape index (κ1) is 28.6. The predicted octanol–water partition coefficient (Wildman–Crippen LogP) is 5.91. The van der Waals surface area contributed by atoms with E-state index >= 15 is 0 Å². The molecule has 2 amide bonds. The van der Waals surface area contributed by atoms with Gasteiger partial charge in [0, 0.05) is 11.4 Å². The van der Waals surface area contributed by atoms with Gasteiger partial charge in [0.25, 0.3) is 0 Å². The van der Waals surface area contributed by atoms with Crippen molar-refractivity contribution in [2.45, 2.75) is 35.0 Å². The van der Waals surface area contributed by atoms with E-state index in [2.05, 4.69) is 31.1 Å². The van der Waals surface area contributed by atoms with Crippen LogP contribution in [-0.2, 0) is 9.59 Å². The first-order chi connectivity index (χ1) is 20.0. The lowest BCUT2D eigenvalue weighted by Gasteiger charge is -2.14. The molecule has 2 aromatic heterocycles. The molecule has 5 aromatic rings. The third-order valence-corrected chi connectivity index (χ3v) is 9.22. The van der Waals surface area contributed by atoms with E-state index in [4.69, 9.17) is 4.74 Å². The molecular weight excluding hydrogens is 579 g/mol. The summed E-state index contributed by atoms with van der Waals surface area (Å²) in [6.07, 6.45) is 0.598. The van der Waals surface area contributed by atoms with Crippen LogP contribution in [0.15, 0.2) is 82.3 Å². The van der Waals surface area contributed by atoms with Gasteiger partial charge in [-0.1, -0.05) is 48.6 Å². The average molecular weight is 606 g/mol. The highest BCUT2D eigenvalue weighted by atomic mass is 32.2. The molecule has 0 saturated heterocycles. The zero-order chi connectivity index (χ0) is 28.6. The number of benzene rings is 3. The van der Waals surface area contributed by atoms with Crippen molar-refractivity contribution >= 4 is 68.3 Å². The van der Waals surface area contributed by atoms with Crippen LogP contribution in [0.4, 0.5) is 11.4 Å². The number of rotatable bonds is 12. The Morgan fingerprint density at radius 1 is 1.00 bits per heavy atom. The van der Waals surface area contributed by atoms with E-state index in [0.29, 0.717) is 29.6 Å². The molecule has 210 valence electrons. The summed E-state index contributed by atoms with van der Waals surface area (Å²) in [4.78, 5) is 30.2. The van der Waals surface area contributed by atoms with Gasteiger partial charge >= 0.3 is 0 Å². The van der Waals surface area contributed by atoms with E-state index in [0.717, 1.165) is 26.0 Å². The summed E-state index contributed by atoms with van der Waals surface area (Å²) in [7, 11) is 0. The molecule has 41 heavy (non-hydrogen) atoms. The molecule has 1 atom stereocenters. The number of ether oxygens (including phenoxy) is 1. The Balaban J connectivity index is 1.18. The molecule has 0 saturated carbocycles. The monoisotopic (exact) mass is 605 g/mol. The van der Waals surface area contributed by atoms with Gasteiger partial charge in [0.1, 0.15) is 5.75 Å². The van der Waals surface area contributed by atoms with Crippen LogP contribution in [0.2, 0.25) is 0 Å². The summed E-state index contributed by atoms with van der Waals surface area (Å²) >= 11 is 4.18. The Labute approximate surface area is 249 Å². The standard InChI is InChI=1S/C28H27N7O3S3/c1-3-23(40-27-32-33-34-35(27)20-8-6-5-7-9-20)26(37)30-19-12-15-22-24(16-19)41-28(31-22)39-17-25(36)29-18-10-13-21(14-11-18)38-4-2/h5-16,23H,3-4,17H2,1-2H3,(H,29,36)(H,30,37)/t23-/m1/s1. The maximum atomic E-state index is 13.2. The van der Waals surface area contributed by atoms with Crippen LogP contribution in [-0.4, -0.2) is 54.6 Å². The average Bonchev–Trinajstić information content (AvgIpc) is 3.63. The van der Waals surface area contributed by atoms with Crippen molar-refractivity contribution in [3.05, 3.63) is 72.8 Å². The van der Waals surface area contributed by atoms with Crippen LogP contribution >= 0.6 is 34.9 Å². The topological polar surface area (TPSA) is 124 Å². The smallest absolute Gasteiger partial charge is 0.237 e. The lowest BCUT2D eigenvalue weighted by Crippen LogP contribution is -2.25. The second-order valence-electron chi connectivity index (χ2n) is 8.67. The molecule has 5 rings (SSSR count). The highest BCUT2D eigenvalue weighted by Gasteiger charge is 2.22. The molecule has 0 spiro atoms. The van der Waals surface area contributed by atoms with Gasteiger partial charge in [0.15, 0.2) is 4.34 Å². The minimum Gasteiger partial charge on any atom is -0.494 e. The maximum absolute atomic E-state index is 13.2. The highest BCUT2D eigenvalue weighted by molar-refractivity contribution is 8.01. The number of thiazole rings is 1. The molecule has 0 aliphatic heterocycles. The number of thioether (sulfide) groups is 2. The minimum atomic E-state index is -0.388. The maximum Gasteiger partial charge on any atom is 0.237 e. The molecule has 2 N–H and O–H groups in total. The Kier molecular flexibility index (Phi) is 9.49. The quantitative estimate of drug-likeness (QED) is 0.167. The number of fused-ring (bicyclic) bond motifs is 1. The van der Waals surface area contributed by atoms with Gasteiger partial charge in [-0.3, -0.25) is 9.59 Å². The molecule has 0 bridgehead atoms. The first-order valence-corrected chi connectivity index (χ1v) is 15.6. The van der Waals surface area contributed by atoms with E-state index in [-0.39, 0.29) is 22.8 Å². The summed E-state index contributed by atoms with van der Waals surface area (Å²) in [6, 6.07) is 22.4. The number of nitrogens with zero attached hydrogens (tertiary/aromatic N) is 5. The lowest BCUT2D eigenvalue weighted by atomic mass is 10.2. The number of para-hydroxylation sites is 1. The third-order valence-electron chi connectivity index (χ3n) is 5.76. The van der Waals surface area contributed by atoms with Gasteiger partial charge in [0.2, 0.25) is 17.0 Å². The number of hydrogen-bond donors (Lipinski definition) is 2. The van der Waals surface area contributed by atoms with Crippen LogP contribution in [0.5, 0.6) is 5.75 Å². The molecule has 0 radical (unpaired) electrons. The zero-order valence-electron chi connectivity index (χ0n) is 22.3. The Morgan fingerprint density at radius 3 is 2.54 bits per heavy atom. The number of amides is 2. The second-order valence-corrected chi connectivity index (χ2v) is 12.1.